The maximum atomic E-state index is 12.7. The van der Waals surface area contributed by atoms with Gasteiger partial charge in [0, 0.05) is 6.04 Å². The van der Waals surface area contributed by atoms with E-state index in [0.717, 1.165) is 23.1 Å². The van der Waals surface area contributed by atoms with Gasteiger partial charge in [0.25, 0.3) is 0 Å². The summed E-state index contributed by atoms with van der Waals surface area (Å²) in [5, 5.41) is 0. The molecule has 0 heterocycles. The lowest BCUT2D eigenvalue weighted by molar-refractivity contribution is 0.571. The Balaban J connectivity index is 1.86. The van der Waals surface area contributed by atoms with Crippen LogP contribution in [0.2, 0.25) is 0 Å². The second-order valence-corrected chi connectivity index (χ2v) is 7.78. The number of hydrogen-bond donors (Lipinski definition) is 1. The fourth-order valence-electron chi connectivity index (χ4n) is 3.06. The van der Waals surface area contributed by atoms with Crippen LogP contribution in [0.3, 0.4) is 0 Å². The van der Waals surface area contributed by atoms with Gasteiger partial charge < -0.3 is 0 Å². The van der Waals surface area contributed by atoms with E-state index in [-0.39, 0.29) is 6.04 Å². The molecule has 1 aliphatic carbocycles. The van der Waals surface area contributed by atoms with Crippen molar-refractivity contribution in [3.8, 4) is 0 Å². The summed E-state index contributed by atoms with van der Waals surface area (Å²) >= 11 is 0. The third-order valence-corrected chi connectivity index (χ3v) is 6.02. The van der Waals surface area contributed by atoms with Crippen LogP contribution in [0.4, 0.5) is 0 Å². The van der Waals surface area contributed by atoms with Gasteiger partial charge in [-0.3, -0.25) is 0 Å². The SMILES string of the molecule is Cc1ccccc1[C@H](C)NS(=O)(=O)C1=Cc2ccccc2CC1. The fourth-order valence-corrected chi connectivity index (χ4v) is 4.46. The van der Waals surface area contributed by atoms with Crippen molar-refractivity contribution >= 4 is 16.1 Å². The summed E-state index contributed by atoms with van der Waals surface area (Å²) in [4.78, 5) is 0.469. The Hall–Kier alpha value is -1.91. The highest BCUT2D eigenvalue weighted by atomic mass is 32.2. The first-order chi connectivity index (χ1) is 11.0. The van der Waals surface area contributed by atoms with Gasteiger partial charge in [0.1, 0.15) is 0 Å². The quantitative estimate of drug-likeness (QED) is 0.924. The number of allylic oxidation sites excluding steroid dienone is 1. The number of hydrogen-bond acceptors (Lipinski definition) is 2. The van der Waals surface area contributed by atoms with Crippen molar-refractivity contribution in [2.24, 2.45) is 0 Å². The molecule has 120 valence electrons. The standard InChI is InChI=1S/C19H21NO2S/c1-14-7-3-6-10-19(14)15(2)20-23(21,22)18-12-11-16-8-4-5-9-17(16)13-18/h3-10,13,15,20H,11-12H2,1-2H3/t15-/m0/s1. The maximum absolute atomic E-state index is 12.7. The molecule has 0 fully saturated rings. The van der Waals surface area contributed by atoms with Crippen LogP contribution in [0, 0.1) is 6.92 Å². The molecule has 1 N–H and O–H groups in total. The minimum absolute atomic E-state index is 0.251. The van der Waals surface area contributed by atoms with E-state index < -0.39 is 10.0 Å². The Bertz CT molecular complexity index is 853. The summed E-state index contributed by atoms with van der Waals surface area (Å²) in [6, 6.07) is 15.6. The predicted octanol–water partition coefficient (Wildman–Crippen LogP) is 3.96. The lowest BCUT2D eigenvalue weighted by Crippen LogP contribution is -2.29. The van der Waals surface area contributed by atoms with Gasteiger partial charge >= 0.3 is 0 Å². The van der Waals surface area contributed by atoms with Crippen LogP contribution in [0.5, 0.6) is 0 Å². The van der Waals surface area contributed by atoms with E-state index in [1.54, 1.807) is 6.08 Å². The van der Waals surface area contributed by atoms with Crippen molar-refractivity contribution in [2.75, 3.05) is 0 Å². The molecule has 0 unspecified atom stereocenters. The van der Waals surface area contributed by atoms with Crippen molar-refractivity contribution in [3.05, 3.63) is 75.7 Å². The summed E-state index contributed by atoms with van der Waals surface area (Å²) in [6.45, 7) is 3.88. The van der Waals surface area contributed by atoms with Crippen molar-refractivity contribution in [1.29, 1.82) is 0 Å². The van der Waals surface area contributed by atoms with Gasteiger partial charge in [-0.05, 0) is 55.0 Å². The van der Waals surface area contributed by atoms with Crippen molar-refractivity contribution in [3.63, 3.8) is 0 Å². The Kier molecular flexibility index (Phi) is 4.37. The van der Waals surface area contributed by atoms with Gasteiger partial charge in [0.2, 0.25) is 10.0 Å². The first-order valence-electron chi connectivity index (χ1n) is 7.84. The van der Waals surface area contributed by atoms with Crippen LogP contribution in [0.15, 0.2) is 53.4 Å². The van der Waals surface area contributed by atoms with E-state index in [1.807, 2.05) is 56.3 Å². The van der Waals surface area contributed by atoms with Crippen LogP contribution in [-0.4, -0.2) is 8.42 Å². The van der Waals surface area contributed by atoms with E-state index in [2.05, 4.69) is 10.8 Å². The van der Waals surface area contributed by atoms with Gasteiger partial charge in [-0.25, -0.2) is 13.1 Å². The van der Waals surface area contributed by atoms with Crippen LogP contribution in [0.25, 0.3) is 6.08 Å². The molecule has 0 amide bonds. The zero-order valence-corrected chi connectivity index (χ0v) is 14.2. The van der Waals surface area contributed by atoms with E-state index in [0.29, 0.717) is 11.3 Å². The molecule has 2 aromatic rings. The van der Waals surface area contributed by atoms with Crippen LogP contribution in [-0.2, 0) is 16.4 Å². The number of fused-ring (bicyclic) bond motifs is 1. The molecular formula is C19H21NO2S. The molecule has 0 radical (unpaired) electrons. The molecule has 2 aromatic carbocycles. The third-order valence-electron chi connectivity index (χ3n) is 4.34. The summed E-state index contributed by atoms with van der Waals surface area (Å²) < 4.78 is 28.2. The zero-order chi connectivity index (χ0) is 16.4. The molecular weight excluding hydrogens is 306 g/mol. The molecule has 0 spiro atoms. The highest BCUT2D eigenvalue weighted by Gasteiger charge is 2.24. The molecule has 1 aliphatic rings. The Morgan fingerprint density at radius 1 is 1.00 bits per heavy atom. The number of benzene rings is 2. The normalized spacial score (nSPS) is 15.7. The second-order valence-electron chi connectivity index (χ2n) is 6.01. The molecule has 3 nitrogen and oxygen atoms in total. The minimum atomic E-state index is -3.48. The lowest BCUT2D eigenvalue weighted by Gasteiger charge is -2.21. The highest BCUT2D eigenvalue weighted by Crippen LogP contribution is 2.28. The minimum Gasteiger partial charge on any atom is -0.207 e. The van der Waals surface area contributed by atoms with Crippen molar-refractivity contribution < 1.29 is 8.42 Å². The predicted molar refractivity (Wildman–Crippen MR) is 94.4 cm³/mol. The molecule has 1 atom stereocenters. The number of aryl methyl sites for hydroxylation is 2. The first-order valence-corrected chi connectivity index (χ1v) is 9.32. The first kappa shape index (κ1) is 16.0. The van der Waals surface area contributed by atoms with Gasteiger partial charge in [-0.15, -0.1) is 0 Å². The van der Waals surface area contributed by atoms with Crippen molar-refractivity contribution in [2.45, 2.75) is 32.7 Å². The summed E-state index contributed by atoms with van der Waals surface area (Å²) in [5.41, 5.74) is 4.31. The summed E-state index contributed by atoms with van der Waals surface area (Å²) in [5.74, 6) is 0. The lowest BCUT2D eigenvalue weighted by atomic mass is 9.98. The van der Waals surface area contributed by atoms with Crippen LogP contribution < -0.4 is 4.72 Å². The maximum Gasteiger partial charge on any atom is 0.237 e. The third kappa shape index (κ3) is 3.38. The van der Waals surface area contributed by atoms with E-state index in [1.165, 1.54) is 5.56 Å². The molecule has 23 heavy (non-hydrogen) atoms. The topological polar surface area (TPSA) is 46.2 Å². The smallest absolute Gasteiger partial charge is 0.207 e. The number of sulfonamides is 1. The average Bonchev–Trinajstić information content (AvgIpc) is 2.54. The molecule has 0 aliphatic heterocycles. The molecule has 0 aromatic heterocycles. The second kappa shape index (κ2) is 6.30. The summed E-state index contributed by atoms with van der Waals surface area (Å²) in [6.07, 6.45) is 3.11. The number of nitrogens with one attached hydrogen (secondary N) is 1. The zero-order valence-electron chi connectivity index (χ0n) is 13.4. The molecule has 4 heteroatoms. The van der Waals surface area contributed by atoms with Gasteiger partial charge in [-0.1, -0.05) is 48.5 Å². The van der Waals surface area contributed by atoms with E-state index in [9.17, 15) is 8.42 Å². The van der Waals surface area contributed by atoms with Gasteiger partial charge in [0.15, 0.2) is 0 Å². The Morgan fingerprint density at radius 2 is 1.70 bits per heavy atom. The monoisotopic (exact) mass is 327 g/mol. The van der Waals surface area contributed by atoms with Crippen LogP contribution in [0.1, 0.15) is 41.6 Å². The Labute approximate surface area is 138 Å². The molecule has 0 saturated heterocycles. The highest BCUT2D eigenvalue weighted by molar-refractivity contribution is 7.93. The van der Waals surface area contributed by atoms with E-state index >= 15 is 0 Å². The molecule has 0 saturated carbocycles. The van der Waals surface area contributed by atoms with Crippen LogP contribution >= 0.6 is 0 Å². The fraction of sp³-hybridized carbons (Fsp3) is 0.263. The Morgan fingerprint density at radius 3 is 2.48 bits per heavy atom. The number of rotatable bonds is 4. The molecule has 0 bridgehead atoms. The summed E-state index contributed by atoms with van der Waals surface area (Å²) in [7, 11) is -3.48. The largest absolute Gasteiger partial charge is 0.237 e. The average molecular weight is 327 g/mol. The van der Waals surface area contributed by atoms with E-state index in [4.69, 9.17) is 0 Å². The van der Waals surface area contributed by atoms with Crippen molar-refractivity contribution in [1.82, 2.24) is 4.72 Å². The molecule has 3 rings (SSSR count). The van der Waals surface area contributed by atoms with Gasteiger partial charge in [0.05, 0.1) is 4.91 Å². The van der Waals surface area contributed by atoms with Gasteiger partial charge in [-0.2, -0.15) is 0 Å².